The minimum atomic E-state index is -0.274. The normalized spacial score (nSPS) is 17.6. The molecule has 1 saturated heterocycles. The Morgan fingerprint density at radius 3 is 2.73 bits per heavy atom. The third kappa shape index (κ3) is 5.78. The molecule has 2 aromatic carbocycles. The fraction of sp³-hybridized carbons (Fsp3) is 0.400. The molecule has 6 nitrogen and oxygen atoms in total. The highest BCUT2D eigenvalue weighted by Crippen LogP contribution is 2.30. The van der Waals surface area contributed by atoms with Crippen LogP contribution in [0.4, 0.5) is 0 Å². The molecule has 1 amide bonds. The van der Waals surface area contributed by atoms with Crippen LogP contribution in [0.1, 0.15) is 43.6 Å². The number of hydrogen-bond donors (Lipinski definition) is 1. The highest BCUT2D eigenvalue weighted by molar-refractivity contribution is 7.98. The van der Waals surface area contributed by atoms with E-state index in [1.54, 1.807) is 11.8 Å². The summed E-state index contributed by atoms with van der Waals surface area (Å²) in [6.45, 7) is 7.04. The summed E-state index contributed by atoms with van der Waals surface area (Å²) >= 11 is 7.92. The summed E-state index contributed by atoms with van der Waals surface area (Å²) < 4.78 is 7.79. The van der Waals surface area contributed by atoms with Crippen molar-refractivity contribution in [2.75, 3.05) is 6.61 Å². The van der Waals surface area contributed by atoms with E-state index in [-0.39, 0.29) is 17.4 Å². The van der Waals surface area contributed by atoms with E-state index < -0.39 is 0 Å². The maximum absolute atomic E-state index is 12.9. The number of aromatic nitrogens is 3. The molecule has 1 aliphatic rings. The number of carbonyl (C=O) groups excluding carboxylic acids is 1. The van der Waals surface area contributed by atoms with Gasteiger partial charge in [0.15, 0.2) is 11.0 Å². The van der Waals surface area contributed by atoms with Gasteiger partial charge in [0.2, 0.25) is 5.91 Å². The zero-order chi connectivity index (χ0) is 23.4. The maximum Gasteiger partial charge on any atom is 0.223 e. The number of para-hydroxylation sites is 1. The number of nitrogens with one attached hydrogen (secondary N) is 1. The molecule has 174 valence electrons. The lowest BCUT2D eigenvalue weighted by molar-refractivity contribution is -0.135. The molecule has 0 saturated carbocycles. The molecule has 0 aliphatic carbocycles. The van der Waals surface area contributed by atoms with Crippen molar-refractivity contribution in [3.8, 4) is 5.69 Å². The van der Waals surface area contributed by atoms with Gasteiger partial charge in [0.05, 0.1) is 17.8 Å². The summed E-state index contributed by atoms with van der Waals surface area (Å²) in [5.41, 5.74) is 2.88. The minimum absolute atomic E-state index is 0.0379. The van der Waals surface area contributed by atoms with E-state index in [9.17, 15) is 4.79 Å². The Hall–Kier alpha value is -2.35. The van der Waals surface area contributed by atoms with Crippen molar-refractivity contribution in [1.82, 2.24) is 20.1 Å². The minimum Gasteiger partial charge on any atom is -0.376 e. The lowest BCUT2D eigenvalue weighted by atomic mass is 9.88. The molecule has 1 atom stereocenters. The Bertz CT molecular complexity index is 1130. The Morgan fingerprint density at radius 1 is 1.21 bits per heavy atom. The molecule has 8 heteroatoms. The first-order valence-corrected chi connectivity index (χ1v) is 12.5. The Morgan fingerprint density at radius 2 is 1.97 bits per heavy atom. The van der Waals surface area contributed by atoms with Gasteiger partial charge in [0.1, 0.15) is 0 Å². The largest absolute Gasteiger partial charge is 0.376 e. The summed E-state index contributed by atoms with van der Waals surface area (Å²) in [7, 11) is 0. The van der Waals surface area contributed by atoms with Crippen LogP contribution < -0.4 is 5.32 Å². The van der Waals surface area contributed by atoms with Crippen LogP contribution in [0.3, 0.4) is 0 Å². The van der Waals surface area contributed by atoms with Gasteiger partial charge in [0, 0.05) is 23.3 Å². The molecule has 3 aromatic rings. The lowest BCUT2D eigenvalue weighted by Gasteiger charge is -2.34. The molecule has 1 unspecified atom stereocenters. The molecule has 0 bridgehead atoms. The van der Waals surface area contributed by atoms with Crippen LogP contribution in [0.2, 0.25) is 5.02 Å². The smallest absolute Gasteiger partial charge is 0.223 e. The Balaban J connectivity index is 1.54. The van der Waals surface area contributed by atoms with E-state index in [0.29, 0.717) is 31.1 Å². The highest BCUT2D eigenvalue weighted by Gasteiger charge is 2.33. The predicted molar refractivity (Wildman–Crippen MR) is 132 cm³/mol. The molecule has 33 heavy (non-hydrogen) atoms. The van der Waals surface area contributed by atoms with Gasteiger partial charge in [-0.15, -0.1) is 10.2 Å². The van der Waals surface area contributed by atoms with Gasteiger partial charge in [-0.2, -0.15) is 0 Å². The maximum atomic E-state index is 12.9. The number of ether oxygens (including phenoxy) is 1. The third-order valence-electron chi connectivity index (χ3n) is 5.86. The summed E-state index contributed by atoms with van der Waals surface area (Å²) in [4.78, 5) is 12.9. The van der Waals surface area contributed by atoms with Gasteiger partial charge in [0.25, 0.3) is 0 Å². The number of hydrogen-bond acceptors (Lipinski definition) is 5. The number of nitrogens with zero attached hydrogens (tertiary/aromatic N) is 3. The lowest BCUT2D eigenvalue weighted by Crippen LogP contribution is -2.41. The average Bonchev–Trinajstić information content (AvgIpc) is 3.19. The van der Waals surface area contributed by atoms with E-state index in [4.69, 9.17) is 16.3 Å². The summed E-state index contributed by atoms with van der Waals surface area (Å²) in [5, 5.41) is 13.5. The molecular formula is C25H29ClN4O2S. The molecule has 1 aromatic heterocycles. The molecule has 1 N–H and O–H groups in total. The summed E-state index contributed by atoms with van der Waals surface area (Å²) in [6, 6.07) is 15.9. The quantitative estimate of drug-likeness (QED) is 0.458. The van der Waals surface area contributed by atoms with E-state index in [1.807, 2.05) is 60.9 Å². The predicted octanol–water partition coefficient (Wildman–Crippen LogP) is 5.34. The van der Waals surface area contributed by atoms with E-state index in [2.05, 4.69) is 28.5 Å². The van der Waals surface area contributed by atoms with E-state index >= 15 is 0 Å². The molecular weight excluding hydrogens is 456 g/mol. The molecule has 1 fully saturated rings. The molecule has 1 aliphatic heterocycles. The van der Waals surface area contributed by atoms with Crippen molar-refractivity contribution in [3.63, 3.8) is 0 Å². The van der Waals surface area contributed by atoms with Crippen LogP contribution in [0.15, 0.2) is 53.7 Å². The SMILES string of the molecule is Cc1ccccc1-n1c(CNC(=O)C2CCOC(C)(C)C2)nnc1SCc1ccccc1Cl. The van der Waals surface area contributed by atoms with E-state index in [0.717, 1.165) is 33.4 Å². The molecule has 2 heterocycles. The number of amides is 1. The van der Waals surface area contributed by atoms with Crippen LogP contribution in [-0.2, 0) is 21.8 Å². The van der Waals surface area contributed by atoms with Crippen molar-refractivity contribution in [2.45, 2.75) is 56.7 Å². The first-order valence-electron chi connectivity index (χ1n) is 11.1. The number of halogens is 1. The van der Waals surface area contributed by atoms with Crippen molar-refractivity contribution in [3.05, 3.63) is 70.5 Å². The van der Waals surface area contributed by atoms with Crippen LogP contribution in [-0.4, -0.2) is 32.9 Å². The fourth-order valence-electron chi connectivity index (χ4n) is 4.09. The molecule has 0 radical (unpaired) electrons. The second-order valence-corrected chi connectivity index (χ2v) is 10.3. The first kappa shape index (κ1) is 23.8. The van der Waals surface area contributed by atoms with Gasteiger partial charge >= 0.3 is 0 Å². The third-order valence-corrected chi connectivity index (χ3v) is 7.21. The zero-order valence-electron chi connectivity index (χ0n) is 19.2. The van der Waals surface area contributed by atoms with Gasteiger partial charge in [-0.3, -0.25) is 9.36 Å². The van der Waals surface area contributed by atoms with Crippen molar-refractivity contribution in [2.24, 2.45) is 5.92 Å². The summed E-state index contributed by atoms with van der Waals surface area (Å²) in [5.74, 6) is 1.35. The van der Waals surface area contributed by atoms with Crippen molar-refractivity contribution in [1.29, 1.82) is 0 Å². The zero-order valence-corrected chi connectivity index (χ0v) is 20.7. The summed E-state index contributed by atoms with van der Waals surface area (Å²) in [6.07, 6.45) is 1.45. The van der Waals surface area contributed by atoms with Gasteiger partial charge in [-0.1, -0.05) is 59.8 Å². The van der Waals surface area contributed by atoms with E-state index in [1.165, 1.54) is 0 Å². The van der Waals surface area contributed by atoms with Gasteiger partial charge < -0.3 is 10.1 Å². The van der Waals surface area contributed by atoms with Crippen LogP contribution in [0, 0.1) is 12.8 Å². The van der Waals surface area contributed by atoms with Crippen LogP contribution in [0.5, 0.6) is 0 Å². The Kier molecular flexibility index (Phi) is 7.41. The van der Waals surface area contributed by atoms with Crippen LogP contribution in [0.25, 0.3) is 5.69 Å². The van der Waals surface area contributed by atoms with Crippen LogP contribution >= 0.6 is 23.4 Å². The van der Waals surface area contributed by atoms with Gasteiger partial charge in [-0.05, 0) is 56.9 Å². The van der Waals surface area contributed by atoms with Gasteiger partial charge in [-0.25, -0.2) is 0 Å². The first-order chi connectivity index (χ1) is 15.8. The number of aryl methyl sites for hydroxylation is 1. The topological polar surface area (TPSA) is 69.0 Å². The molecule has 4 rings (SSSR count). The van der Waals surface area contributed by atoms with Crippen molar-refractivity contribution < 1.29 is 9.53 Å². The second kappa shape index (κ2) is 10.3. The highest BCUT2D eigenvalue weighted by atomic mass is 35.5. The number of thioether (sulfide) groups is 1. The number of benzene rings is 2. The standard InChI is InChI=1S/C25H29ClN4O2S/c1-17-8-4-7-11-21(17)30-22(15-27-23(31)18-12-13-32-25(2,3)14-18)28-29-24(30)33-16-19-9-5-6-10-20(19)26/h4-11,18H,12-16H2,1-3H3,(H,27,31). The average molecular weight is 485 g/mol. The van der Waals surface area contributed by atoms with Crippen molar-refractivity contribution >= 4 is 29.3 Å². The fourth-order valence-corrected chi connectivity index (χ4v) is 5.34. The molecule has 0 spiro atoms. The number of carbonyl (C=O) groups is 1. The second-order valence-electron chi connectivity index (χ2n) is 8.92. The Labute approximate surface area is 204 Å². The number of rotatable bonds is 7. The monoisotopic (exact) mass is 484 g/mol.